The molecule has 0 saturated heterocycles. The lowest BCUT2D eigenvalue weighted by Crippen LogP contribution is -2.41. The molecule has 1 aromatic heterocycles. The van der Waals surface area contributed by atoms with Gasteiger partial charge >= 0.3 is 0 Å². The van der Waals surface area contributed by atoms with Crippen LogP contribution in [0.1, 0.15) is 42.0 Å². The van der Waals surface area contributed by atoms with Crippen LogP contribution < -0.4 is 0 Å². The number of hydrogen-bond donors (Lipinski definition) is 1. The van der Waals surface area contributed by atoms with Crippen molar-refractivity contribution in [3.05, 3.63) is 57.2 Å². The first-order chi connectivity index (χ1) is 9.67. The smallest absolute Gasteiger partial charge is 0.0931 e. The molecule has 0 amide bonds. The average Bonchev–Trinajstić information content (AvgIpc) is 2.85. The molecule has 20 heavy (non-hydrogen) atoms. The molecule has 0 bridgehead atoms. The molecular formula is C17H19ClOS. The normalized spacial score (nSPS) is 26.6. The number of rotatable bonds is 3. The molecule has 0 spiro atoms. The van der Waals surface area contributed by atoms with E-state index in [9.17, 15) is 5.11 Å². The van der Waals surface area contributed by atoms with Crippen molar-refractivity contribution >= 4 is 22.9 Å². The highest BCUT2D eigenvalue weighted by atomic mass is 35.5. The Hall–Kier alpha value is -0.830. The van der Waals surface area contributed by atoms with Crippen molar-refractivity contribution in [1.29, 1.82) is 0 Å². The lowest BCUT2D eigenvalue weighted by atomic mass is 9.70. The molecule has 1 nitrogen and oxygen atoms in total. The van der Waals surface area contributed by atoms with Gasteiger partial charge in [-0.2, -0.15) is 0 Å². The van der Waals surface area contributed by atoms with Crippen molar-refractivity contribution in [1.82, 2.24) is 0 Å². The fourth-order valence-electron chi connectivity index (χ4n) is 3.34. The third-order valence-electron chi connectivity index (χ3n) is 4.31. The Bertz CT molecular complexity index is 565. The van der Waals surface area contributed by atoms with E-state index in [-0.39, 0.29) is 5.92 Å². The summed E-state index contributed by atoms with van der Waals surface area (Å²) in [6.45, 7) is 0. The molecule has 3 heteroatoms. The van der Waals surface area contributed by atoms with Gasteiger partial charge in [-0.25, -0.2) is 0 Å². The molecule has 2 unspecified atom stereocenters. The lowest BCUT2D eigenvalue weighted by molar-refractivity contribution is -0.0160. The fraction of sp³-hybridized carbons (Fsp3) is 0.412. The molecule has 0 radical (unpaired) electrons. The monoisotopic (exact) mass is 306 g/mol. The summed E-state index contributed by atoms with van der Waals surface area (Å²) in [7, 11) is 0. The van der Waals surface area contributed by atoms with Gasteiger partial charge in [0.1, 0.15) is 0 Å². The van der Waals surface area contributed by atoms with Crippen LogP contribution in [-0.2, 0) is 6.42 Å². The summed E-state index contributed by atoms with van der Waals surface area (Å²) in [6, 6.07) is 14.4. The quantitative estimate of drug-likeness (QED) is 0.843. The van der Waals surface area contributed by atoms with Crippen molar-refractivity contribution in [2.24, 2.45) is 0 Å². The number of halogens is 1. The molecule has 1 aliphatic carbocycles. The van der Waals surface area contributed by atoms with Crippen LogP contribution in [0.4, 0.5) is 0 Å². The van der Waals surface area contributed by atoms with Crippen LogP contribution in [0, 0.1) is 0 Å². The number of thiophene rings is 1. The average molecular weight is 307 g/mol. The highest BCUT2D eigenvalue weighted by Crippen LogP contribution is 2.43. The van der Waals surface area contributed by atoms with E-state index < -0.39 is 5.60 Å². The van der Waals surface area contributed by atoms with Crippen molar-refractivity contribution in [3.63, 3.8) is 0 Å². The Morgan fingerprint density at radius 2 is 1.95 bits per heavy atom. The van der Waals surface area contributed by atoms with Gasteiger partial charge in [0.15, 0.2) is 0 Å². The second-order valence-corrected chi connectivity index (χ2v) is 7.49. The van der Waals surface area contributed by atoms with E-state index >= 15 is 0 Å². The van der Waals surface area contributed by atoms with E-state index in [1.54, 1.807) is 11.3 Å². The summed E-state index contributed by atoms with van der Waals surface area (Å²) in [5.74, 6) is 0.235. The van der Waals surface area contributed by atoms with Gasteiger partial charge in [-0.15, -0.1) is 11.3 Å². The van der Waals surface area contributed by atoms with E-state index in [0.29, 0.717) is 6.42 Å². The van der Waals surface area contributed by atoms with Gasteiger partial charge in [0, 0.05) is 17.2 Å². The predicted octanol–water partition coefficient (Wildman–Crippen LogP) is 5.03. The summed E-state index contributed by atoms with van der Waals surface area (Å²) < 4.78 is 0.802. The van der Waals surface area contributed by atoms with E-state index in [4.69, 9.17) is 11.6 Å². The van der Waals surface area contributed by atoms with Crippen LogP contribution in [0.15, 0.2) is 42.5 Å². The molecule has 2 atom stereocenters. The fourth-order valence-corrected chi connectivity index (χ4v) is 4.55. The van der Waals surface area contributed by atoms with E-state index in [1.165, 1.54) is 16.9 Å². The molecule has 2 aromatic rings. The molecule has 106 valence electrons. The van der Waals surface area contributed by atoms with Crippen LogP contribution in [-0.4, -0.2) is 10.7 Å². The standard InChI is InChI=1S/C17H19ClOS/c18-16-10-9-14(20-16)12-17(19)11-5-4-8-15(17)13-6-2-1-3-7-13/h1-3,6-7,9-10,15,19H,4-5,8,11-12H2. The van der Waals surface area contributed by atoms with Gasteiger partial charge in [-0.1, -0.05) is 54.8 Å². The number of hydrogen-bond acceptors (Lipinski definition) is 2. The van der Waals surface area contributed by atoms with Crippen LogP contribution in [0.2, 0.25) is 4.34 Å². The van der Waals surface area contributed by atoms with Crippen molar-refractivity contribution < 1.29 is 5.11 Å². The van der Waals surface area contributed by atoms with E-state index in [2.05, 4.69) is 24.3 Å². The Kier molecular flexibility index (Phi) is 4.16. The summed E-state index contributed by atoms with van der Waals surface area (Å²) >= 11 is 7.60. The van der Waals surface area contributed by atoms with Gasteiger partial charge in [-0.05, 0) is 30.5 Å². The zero-order chi connectivity index (χ0) is 14.0. The minimum atomic E-state index is -0.631. The van der Waals surface area contributed by atoms with Gasteiger partial charge < -0.3 is 5.11 Å². The maximum absolute atomic E-state index is 11.2. The van der Waals surface area contributed by atoms with Gasteiger partial charge in [-0.3, -0.25) is 0 Å². The summed E-state index contributed by atoms with van der Waals surface area (Å²) in [6.07, 6.45) is 4.97. The molecule has 3 rings (SSSR count). The molecule has 1 N–H and O–H groups in total. The summed E-state index contributed by atoms with van der Waals surface area (Å²) in [5, 5.41) is 11.2. The molecule has 1 aliphatic rings. The first-order valence-corrected chi connectivity index (χ1v) is 8.38. The molecule has 1 saturated carbocycles. The zero-order valence-corrected chi connectivity index (χ0v) is 13.0. The minimum Gasteiger partial charge on any atom is -0.389 e. The van der Waals surface area contributed by atoms with Crippen molar-refractivity contribution in [2.75, 3.05) is 0 Å². The number of benzene rings is 1. The van der Waals surface area contributed by atoms with Gasteiger partial charge in [0.2, 0.25) is 0 Å². The first kappa shape index (κ1) is 14.1. The van der Waals surface area contributed by atoms with Crippen LogP contribution in [0.5, 0.6) is 0 Å². The Morgan fingerprint density at radius 1 is 1.15 bits per heavy atom. The molecular weight excluding hydrogens is 288 g/mol. The SMILES string of the molecule is OC1(Cc2ccc(Cl)s2)CCCCC1c1ccccc1. The summed E-state index contributed by atoms with van der Waals surface area (Å²) in [4.78, 5) is 1.18. The van der Waals surface area contributed by atoms with Gasteiger partial charge in [0.25, 0.3) is 0 Å². The second kappa shape index (κ2) is 5.88. The first-order valence-electron chi connectivity index (χ1n) is 7.19. The maximum Gasteiger partial charge on any atom is 0.0931 e. The number of aliphatic hydroxyl groups is 1. The minimum absolute atomic E-state index is 0.235. The zero-order valence-electron chi connectivity index (χ0n) is 11.4. The summed E-state index contributed by atoms with van der Waals surface area (Å²) in [5.41, 5.74) is 0.630. The highest BCUT2D eigenvalue weighted by molar-refractivity contribution is 7.16. The maximum atomic E-state index is 11.2. The Morgan fingerprint density at radius 3 is 2.65 bits per heavy atom. The Balaban J connectivity index is 1.87. The van der Waals surface area contributed by atoms with Crippen LogP contribution in [0.3, 0.4) is 0 Å². The van der Waals surface area contributed by atoms with Crippen LogP contribution >= 0.6 is 22.9 Å². The topological polar surface area (TPSA) is 20.2 Å². The molecule has 0 aliphatic heterocycles. The third kappa shape index (κ3) is 2.93. The lowest BCUT2D eigenvalue weighted by Gasteiger charge is -2.40. The Labute approximate surface area is 129 Å². The van der Waals surface area contributed by atoms with Gasteiger partial charge in [0.05, 0.1) is 9.94 Å². The van der Waals surface area contributed by atoms with Crippen molar-refractivity contribution in [3.8, 4) is 0 Å². The van der Waals surface area contributed by atoms with E-state index in [1.807, 2.05) is 18.2 Å². The molecule has 1 aromatic carbocycles. The molecule has 1 heterocycles. The predicted molar refractivity (Wildman–Crippen MR) is 85.6 cm³/mol. The third-order valence-corrected chi connectivity index (χ3v) is 5.54. The van der Waals surface area contributed by atoms with Crippen molar-refractivity contribution in [2.45, 2.75) is 43.6 Å². The second-order valence-electron chi connectivity index (χ2n) is 5.70. The molecule has 1 fully saturated rings. The largest absolute Gasteiger partial charge is 0.389 e. The van der Waals surface area contributed by atoms with E-state index in [0.717, 1.165) is 23.6 Å². The highest BCUT2D eigenvalue weighted by Gasteiger charge is 2.39. The van der Waals surface area contributed by atoms with Crippen LogP contribution in [0.25, 0.3) is 0 Å².